The van der Waals surface area contributed by atoms with Gasteiger partial charge in [-0.05, 0) is 34.1 Å². The van der Waals surface area contributed by atoms with Crippen LogP contribution in [0.4, 0.5) is 0 Å². The van der Waals surface area contributed by atoms with Gasteiger partial charge in [0.2, 0.25) is 5.91 Å². The van der Waals surface area contributed by atoms with E-state index in [1.54, 1.807) is 11.0 Å². The van der Waals surface area contributed by atoms with E-state index in [0.29, 0.717) is 31.6 Å². The maximum Gasteiger partial charge on any atom is 0.255 e. The molecule has 0 atom stereocenters. The first-order chi connectivity index (χ1) is 8.58. The Bertz CT molecular complexity index is 491. The van der Waals surface area contributed by atoms with Crippen molar-refractivity contribution in [1.82, 2.24) is 10.2 Å². The molecule has 1 saturated heterocycles. The number of halogens is 2. The van der Waals surface area contributed by atoms with E-state index in [4.69, 9.17) is 0 Å². The highest BCUT2D eigenvalue weighted by Gasteiger charge is 2.21. The highest BCUT2D eigenvalue weighted by Crippen LogP contribution is 2.23. The highest BCUT2D eigenvalue weighted by molar-refractivity contribution is 9.11. The van der Waals surface area contributed by atoms with Crippen LogP contribution >= 0.6 is 31.9 Å². The predicted octanol–water partition coefficient (Wildman–Crippen LogP) is 2.17. The number of carbonyl (C=O) groups excluding carboxylic acids is 2. The fraction of sp³-hybridized carbons (Fsp3) is 0.333. The molecule has 18 heavy (non-hydrogen) atoms. The monoisotopic (exact) mass is 374 g/mol. The zero-order valence-electron chi connectivity index (χ0n) is 9.58. The predicted molar refractivity (Wildman–Crippen MR) is 75.4 cm³/mol. The van der Waals surface area contributed by atoms with Crippen LogP contribution in [0.2, 0.25) is 0 Å². The summed E-state index contributed by atoms with van der Waals surface area (Å²) < 4.78 is 1.62. The summed E-state index contributed by atoms with van der Waals surface area (Å²) in [4.78, 5) is 25.3. The van der Waals surface area contributed by atoms with Crippen molar-refractivity contribution < 1.29 is 9.59 Å². The summed E-state index contributed by atoms with van der Waals surface area (Å²) in [5.74, 6) is -0.0571. The molecule has 6 heteroatoms. The molecule has 4 nitrogen and oxygen atoms in total. The Labute approximate surface area is 122 Å². The van der Waals surface area contributed by atoms with E-state index in [1.165, 1.54) is 0 Å². The van der Waals surface area contributed by atoms with Crippen molar-refractivity contribution in [3.05, 3.63) is 32.7 Å². The Morgan fingerprint density at radius 3 is 2.83 bits per heavy atom. The second-order valence-electron chi connectivity index (χ2n) is 4.02. The van der Waals surface area contributed by atoms with Crippen molar-refractivity contribution in [2.45, 2.75) is 6.42 Å². The van der Waals surface area contributed by atoms with Crippen LogP contribution < -0.4 is 5.32 Å². The van der Waals surface area contributed by atoms with Crippen LogP contribution in [-0.2, 0) is 4.79 Å². The SMILES string of the molecule is O=C1CCN(C(=O)c2cc(Br)ccc2Br)CCN1. The van der Waals surface area contributed by atoms with Crippen molar-refractivity contribution in [2.75, 3.05) is 19.6 Å². The lowest BCUT2D eigenvalue weighted by atomic mass is 10.2. The average Bonchev–Trinajstić information content (AvgIpc) is 2.56. The summed E-state index contributed by atoms with van der Waals surface area (Å²) in [7, 11) is 0. The summed E-state index contributed by atoms with van der Waals surface area (Å²) in [6.45, 7) is 1.52. The van der Waals surface area contributed by atoms with E-state index in [1.807, 2.05) is 12.1 Å². The normalized spacial score (nSPS) is 16.1. The van der Waals surface area contributed by atoms with Gasteiger partial charge in [0.25, 0.3) is 5.91 Å². The minimum absolute atomic E-state index is 0.00129. The van der Waals surface area contributed by atoms with Gasteiger partial charge in [0.1, 0.15) is 0 Å². The molecule has 0 unspecified atom stereocenters. The fourth-order valence-electron chi connectivity index (χ4n) is 1.80. The Morgan fingerprint density at radius 2 is 2.06 bits per heavy atom. The molecule has 1 aliphatic rings. The first-order valence-electron chi connectivity index (χ1n) is 5.59. The van der Waals surface area contributed by atoms with Gasteiger partial charge in [-0.1, -0.05) is 15.9 Å². The van der Waals surface area contributed by atoms with Crippen LogP contribution in [0.1, 0.15) is 16.8 Å². The molecule has 0 radical (unpaired) electrons. The standard InChI is InChI=1S/C12H12Br2N2O2/c13-8-1-2-10(14)9(7-8)12(18)16-5-3-11(17)15-4-6-16/h1-2,7H,3-6H2,(H,15,17). The van der Waals surface area contributed by atoms with Crippen LogP contribution in [0.15, 0.2) is 27.1 Å². The zero-order valence-corrected chi connectivity index (χ0v) is 12.8. The number of nitrogens with one attached hydrogen (secondary N) is 1. The molecule has 1 N–H and O–H groups in total. The van der Waals surface area contributed by atoms with E-state index in [0.717, 1.165) is 8.95 Å². The minimum Gasteiger partial charge on any atom is -0.354 e. The third-order valence-electron chi connectivity index (χ3n) is 2.76. The average molecular weight is 376 g/mol. The first kappa shape index (κ1) is 13.5. The Kier molecular flexibility index (Phi) is 4.40. The number of benzene rings is 1. The van der Waals surface area contributed by atoms with E-state index >= 15 is 0 Å². The summed E-state index contributed by atoms with van der Waals surface area (Å²) in [6, 6.07) is 5.49. The number of amides is 2. The molecule has 1 heterocycles. The summed E-state index contributed by atoms with van der Waals surface area (Å²) >= 11 is 6.73. The van der Waals surface area contributed by atoms with Crippen LogP contribution in [0.25, 0.3) is 0 Å². The summed E-state index contributed by atoms with van der Waals surface area (Å²) in [5.41, 5.74) is 0.610. The molecule has 2 amide bonds. The van der Waals surface area contributed by atoms with E-state index < -0.39 is 0 Å². The first-order valence-corrected chi connectivity index (χ1v) is 7.17. The number of rotatable bonds is 1. The lowest BCUT2D eigenvalue weighted by Gasteiger charge is -2.20. The second-order valence-corrected chi connectivity index (χ2v) is 5.79. The van der Waals surface area contributed by atoms with Gasteiger partial charge in [0.15, 0.2) is 0 Å². The van der Waals surface area contributed by atoms with E-state index in [-0.39, 0.29) is 11.8 Å². The Hall–Kier alpha value is -0.880. The number of nitrogens with zero attached hydrogens (tertiary/aromatic N) is 1. The van der Waals surface area contributed by atoms with Crippen LogP contribution in [-0.4, -0.2) is 36.3 Å². The molecule has 1 aliphatic heterocycles. The molecule has 1 aromatic rings. The summed E-state index contributed by atoms with van der Waals surface area (Å²) in [5, 5.41) is 2.75. The largest absolute Gasteiger partial charge is 0.354 e. The van der Waals surface area contributed by atoms with Gasteiger partial charge in [-0.2, -0.15) is 0 Å². The molecule has 0 saturated carbocycles. The quantitative estimate of drug-likeness (QED) is 0.817. The lowest BCUT2D eigenvalue weighted by Crippen LogP contribution is -2.34. The Morgan fingerprint density at radius 1 is 1.28 bits per heavy atom. The maximum atomic E-state index is 12.4. The molecule has 1 aromatic carbocycles. The molecule has 96 valence electrons. The topological polar surface area (TPSA) is 49.4 Å². The number of hydrogen-bond donors (Lipinski definition) is 1. The molecule has 2 rings (SSSR count). The molecule has 0 aliphatic carbocycles. The third-order valence-corrected chi connectivity index (χ3v) is 3.94. The van der Waals surface area contributed by atoms with Gasteiger partial charge >= 0.3 is 0 Å². The second kappa shape index (κ2) is 5.84. The van der Waals surface area contributed by atoms with E-state index in [9.17, 15) is 9.59 Å². The Balaban J connectivity index is 2.19. The molecular weight excluding hydrogens is 364 g/mol. The van der Waals surface area contributed by atoms with Crippen LogP contribution in [0.3, 0.4) is 0 Å². The van der Waals surface area contributed by atoms with Crippen molar-refractivity contribution >= 4 is 43.7 Å². The maximum absolute atomic E-state index is 12.4. The number of hydrogen-bond acceptors (Lipinski definition) is 2. The lowest BCUT2D eigenvalue weighted by molar-refractivity contribution is -0.120. The molecule has 0 aromatic heterocycles. The molecular formula is C12H12Br2N2O2. The van der Waals surface area contributed by atoms with Crippen molar-refractivity contribution in [3.63, 3.8) is 0 Å². The zero-order chi connectivity index (χ0) is 13.1. The van der Waals surface area contributed by atoms with Gasteiger partial charge in [-0.3, -0.25) is 9.59 Å². The highest BCUT2D eigenvalue weighted by atomic mass is 79.9. The van der Waals surface area contributed by atoms with Crippen LogP contribution in [0, 0.1) is 0 Å². The van der Waals surface area contributed by atoms with Crippen LogP contribution in [0.5, 0.6) is 0 Å². The third kappa shape index (κ3) is 3.11. The van der Waals surface area contributed by atoms with Gasteiger partial charge in [0.05, 0.1) is 5.56 Å². The van der Waals surface area contributed by atoms with E-state index in [2.05, 4.69) is 37.2 Å². The van der Waals surface area contributed by atoms with Gasteiger partial charge < -0.3 is 10.2 Å². The minimum atomic E-state index is -0.0559. The van der Waals surface area contributed by atoms with Gasteiger partial charge in [-0.15, -0.1) is 0 Å². The number of carbonyl (C=O) groups is 2. The van der Waals surface area contributed by atoms with Crippen molar-refractivity contribution in [2.24, 2.45) is 0 Å². The van der Waals surface area contributed by atoms with Gasteiger partial charge in [-0.25, -0.2) is 0 Å². The smallest absolute Gasteiger partial charge is 0.255 e. The fourth-order valence-corrected chi connectivity index (χ4v) is 2.58. The molecule has 1 fully saturated rings. The van der Waals surface area contributed by atoms with Gasteiger partial charge in [0, 0.05) is 35.0 Å². The van der Waals surface area contributed by atoms with Crippen molar-refractivity contribution in [1.29, 1.82) is 0 Å². The van der Waals surface area contributed by atoms with Crippen molar-refractivity contribution in [3.8, 4) is 0 Å². The molecule has 0 bridgehead atoms. The summed E-state index contributed by atoms with van der Waals surface area (Å²) in [6.07, 6.45) is 0.358. The molecule has 0 spiro atoms.